The fourth-order valence-corrected chi connectivity index (χ4v) is 1.27. The highest BCUT2D eigenvalue weighted by Crippen LogP contribution is 2.24. The molecule has 0 bridgehead atoms. The summed E-state index contributed by atoms with van der Waals surface area (Å²) < 4.78 is 4.96. The van der Waals surface area contributed by atoms with Crippen LogP contribution in [0.5, 0.6) is 0 Å². The first-order valence-electron chi connectivity index (χ1n) is 4.64. The molecule has 0 aliphatic carbocycles. The Morgan fingerprint density at radius 2 is 2.27 bits per heavy atom. The number of pyridine rings is 1. The molecular formula is C10H11Cl2NO2. The molecule has 0 fully saturated rings. The largest absolute Gasteiger partial charge is 0.461 e. The molecule has 0 saturated heterocycles. The van der Waals surface area contributed by atoms with E-state index >= 15 is 0 Å². The van der Waals surface area contributed by atoms with Crippen molar-refractivity contribution in [3.05, 3.63) is 28.0 Å². The predicted octanol–water partition coefficient (Wildman–Crippen LogP) is 3.35. The van der Waals surface area contributed by atoms with E-state index in [1.165, 1.54) is 12.3 Å². The third kappa shape index (κ3) is 3.36. The van der Waals surface area contributed by atoms with Gasteiger partial charge in [-0.05, 0) is 12.5 Å². The topological polar surface area (TPSA) is 39.2 Å². The number of halogens is 2. The van der Waals surface area contributed by atoms with Crippen molar-refractivity contribution < 1.29 is 9.53 Å². The van der Waals surface area contributed by atoms with Crippen LogP contribution in [0.15, 0.2) is 12.3 Å². The van der Waals surface area contributed by atoms with E-state index in [0.29, 0.717) is 11.6 Å². The van der Waals surface area contributed by atoms with Gasteiger partial charge in [0.25, 0.3) is 0 Å². The fraction of sp³-hybridized carbons (Fsp3) is 0.400. The molecule has 0 atom stereocenters. The van der Waals surface area contributed by atoms with Gasteiger partial charge in [-0.3, -0.25) is 0 Å². The third-order valence-electron chi connectivity index (χ3n) is 1.77. The summed E-state index contributed by atoms with van der Waals surface area (Å²) in [5.74, 6) is -0.532. The standard InChI is InChI=1S/C10H11Cl2NO2/c1-2-3-6-15-10(14)9-8(12)7(11)4-5-13-9/h4-5H,2-3,6H2,1H3. The van der Waals surface area contributed by atoms with Crippen LogP contribution in [0.25, 0.3) is 0 Å². The zero-order chi connectivity index (χ0) is 11.3. The lowest BCUT2D eigenvalue weighted by Gasteiger charge is -2.05. The van der Waals surface area contributed by atoms with Crippen LogP contribution < -0.4 is 0 Å². The molecule has 5 heteroatoms. The average molecular weight is 248 g/mol. The number of unbranched alkanes of at least 4 members (excludes halogenated alkanes) is 1. The Morgan fingerprint density at radius 1 is 1.53 bits per heavy atom. The molecule has 0 unspecified atom stereocenters. The van der Waals surface area contributed by atoms with Gasteiger partial charge in [0.05, 0.1) is 16.7 Å². The Kier molecular flexibility index (Phi) is 4.85. The van der Waals surface area contributed by atoms with Gasteiger partial charge in [0.2, 0.25) is 0 Å². The molecule has 3 nitrogen and oxygen atoms in total. The van der Waals surface area contributed by atoms with Crippen LogP contribution in [-0.2, 0) is 4.74 Å². The van der Waals surface area contributed by atoms with Gasteiger partial charge < -0.3 is 4.74 Å². The summed E-state index contributed by atoms with van der Waals surface area (Å²) in [6.45, 7) is 2.39. The Balaban J connectivity index is 2.69. The van der Waals surface area contributed by atoms with E-state index in [9.17, 15) is 4.79 Å². The number of esters is 1. The lowest BCUT2D eigenvalue weighted by atomic mass is 10.3. The van der Waals surface area contributed by atoms with E-state index < -0.39 is 5.97 Å². The molecule has 0 aromatic carbocycles. The minimum atomic E-state index is -0.532. The molecule has 1 aromatic heterocycles. The van der Waals surface area contributed by atoms with Gasteiger partial charge in [0, 0.05) is 6.20 Å². The Labute approximate surface area is 98.4 Å². The summed E-state index contributed by atoms with van der Waals surface area (Å²) in [7, 11) is 0. The van der Waals surface area contributed by atoms with Crippen LogP contribution in [0.4, 0.5) is 0 Å². The van der Waals surface area contributed by atoms with E-state index in [1.807, 2.05) is 6.92 Å². The minimum absolute atomic E-state index is 0.0697. The van der Waals surface area contributed by atoms with E-state index in [1.54, 1.807) is 0 Å². The molecule has 0 aliphatic rings. The van der Waals surface area contributed by atoms with Gasteiger partial charge in [0.15, 0.2) is 5.69 Å². The molecule has 0 radical (unpaired) electrons. The molecule has 1 rings (SSSR count). The quantitative estimate of drug-likeness (QED) is 0.605. The summed E-state index contributed by atoms with van der Waals surface area (Å²) in [5.41, 5.74) is 0.0697. The van der Waals surface area contributed by atoms with Crippen molar-refractivity contribution in [2.45, 2.75) is 19.8 Å². The van der Waals surface area contributed by atoms with Crippen molar-refractivity contribution in [2.24, 2.45) is 0 Å². The molecule has 1 heterocycles. The SMILES string of the molecule is CCCCOC(=O)c1nccc(Cl)c1Cl. The van der Waals surface area contributed by atoms with Gasteiger partial charge in [-0.1, -0.05) is 36.5 Å². The van der Waals surface area contributed by atoms with Crippen LogP contribution in [-0.4, -0.2) is 17.6 Å². The second-order valence-corrected chi connectivity index (χ2v) is 3.73. The zero-order valence-corrected chi connectivity index (χ0v) is 9.81. The van der Waals surface area contributed by atoms with Crippen LogP contribution in [0.3, 0.4) is 0 Å². The van der Waals surface area contributed by atoms with Gasteiger partial charge in [-0.15, -0.1) is 0 Å². The molecule has 1 aromatic rings. The Morgan fingerprint density at radius 3 is 2.93 bits per heavy atom. The first kappa shape index (κ1) is 12.3. The van der Waals surface area contributed by atoms with E-state index in [0.717, 1.165) is 12.8 Å². The highest BCUT2D eigenvalue weighted by atomic mass is 35.5. The van der Waals surface area contributed by atoms with E-state index in [4.69, 9.17) is 27.9 Å². The summed E-state index contributed by atoms with van der Waals surface area (Å²) in [5, 5.41) is 0.440. The highest BCUT2D eigenvalue weighted by Gasteiger charge is 2.15. The predicted molar refractivity (Wildman–Crippen MR) is 59.4 cm³/mol. The smallest absolute Gasteiger partial charge is 0.358 e. The Hall–Kier alpha value is -0.800. The monoisotopic (exact) mass is 247 g/mol. The normalized spacial score (nSPS) is 10.1. The molecule has 0 saturated carbocycles. The van der Waals surface area contributed by atoms with Gasteiger partial charge in [-0.2, -0.15) is 0 Å². The van der Waals surface area contributed by atoms with Crippen molar-refractivity contribution in [1.29, 1.82) is 0 Å². The fourth-order valence-electron chi connectivity index (χ4n) is 0.940. The molecule has 0 amide bonds. The number of carbonyl (C=O) groups excluding carboxylic acids is 1. The number of hydrogen-bond acceptors (Lipinski definition) is 3. The van der Waals surface area contributed by atoms with Crippen LogP contribution in [0, 0.1) is 0 Å². The third-order valence-corrected chi connectivity index (χ3v) is 2.56. The number of aromatic nitrogens is 1. The van der Waals surface area contributed by atoms with Gasteiger partial charge in [-0.25, -0.2) is 9.78 Å². The number of rotatable bonds is 4. The van der Waals surface area contributed by atoms with Crippen LogP contribution in [0.2, 0.25) is 10.0 Å². The second-order valence-electron chi connectivity index (χ2n) is 2.94. The number of ether oxygens (including phenoxy) is 1. The van der Waals surface area contributed by atoms with Crippen molar-refractivity contribution in [3.8, 4) is 0 Å². The summed E-state index contributed by atoms with van der Waals surface area (Å²) in [6.07, 6.45) is 3.21. The molecule has 0 N–H and O–H groups in total. The van der Waals surface area contributed by atoms with Crippen molar-refractivity contribution >= 4 is 29.2 Å². The lowest BCUT2D eigenvalue weighted by Crippen LogP contribution is -2.09. The van der Waals surface area contributed by atoms with E-state index in [2.05, 4.69) is 4.98 Å². The van der Waals surface area contributed by atoms with Crippen molar-refractivity contribution in [1.82, 2.24) is 4.98 Å². The molecule has 0 aliphatic heterocycles. The van der Waals surface area contributed by atoms with E-state index in [-0.39, 0.29) is 10.7 Å². The maximum atomic E-state index is 11.5. The maximum Gasteiger partial charge on any atom is 0.358 e. The molecule has 0 spiro atoms. The zero-order valence-electron chi connectivity index (χ0n) is 8.30. The summed E-state index contributed by atoms with van der Waals surface area (Å²) in [4.78, 5) is 15.3. The van der Waals surface area contributed by atoms with Crippen molar-refractivity contribution in [2.75, 3.05) is 6.61 Å². The number of hydrogen-bond donors (Lipinski definition) is 0. The van der Waals surface area contributed by atoms with Crippen LogP contribution in [0.1, 0.15) is 30.3 Å². The maximum absolute atomic E-state index is 11.5. The molecule has 15 heavy (non-hydrogen) atoms. The van der Waals surface area contributed by atoms with Crippen molar-refractivity contribution in [3.63, 3.8) is 0 Å². The van der Waals surface area contributed by atoms with Crippen LogP contribution >= 0.6 is 23.2 Å². The summed E-state index contributed by atoms with van der Waals surface area (Å²) in [6, 6.07) is 1.52. The molecule has 82 valence electrons. The van der Waals surface area contributed by atoms with Gasteiger partial charge in [0.1, 0.15) is 0 Å². The number of carbonyl (C=O) groups is 1. The highest BCUT2D eigenvalue weighted by molar-refractivity contribution is 6.43. The van der Waals surface area contributed by atoms with Gasteiger partial charge >= 0.3 is 5.97 Å². The first-order chi connectivity index (χ1) is 7.16. The lowest BCUT2D eigenvalue weighted by molar-refractivity contribution is 0.0493. The molecular weight excluding hydrogens is 237 g/mol. The second kappa shape index (κ2) is 5.93. The minimum Gasteiger partial charge on any atom is -0.461 e. The first-order valence-corrected chi connectivity index (χ1v) is 5.39. The summed E-state index contributed by atoms with van der Waals surface area (Å²) >= 11 is 11.5. The average Bonchev–Trinajstić information content (AvgIpc) is 2.22. The Bertz CT molecular complexity index is 355. The number of nitrogens with zero attached hydrogens (tertiary/aromatic N) is 1.